The van der Waals surface area contributed by atoms with Crippen LogP contribution in [0, 0.1) is 5.92 Å². The van der Waals surface area contributed by atoms with Gasteiger partial charge in [0, 0.05) is 4.47 Å². The summed E-state index contributed by atoms with van der Waals surface area (Å²) in [6.07, 6.45) is 0. The third-order valence-electron chi connectivity index (χ3n) is 2.21. The van der Waals surface area contributed by atoms with Crippen LogP contribution in [0.5, 0.6) is 0 Å². The predicted octanol–water partition coefficient (Wildman–Crippen LogP) is 3.02. The van der Waals surface area contributed by atoms with Crippen molar-refractivity contribution in [3.63, 3.8) is 0 Å². The van der Waals surface area contributed by atoms with E-state index in [0.717, 1.165) is 4.47 Å². The van der Waals surface area contributed by atoms with Crippen LogP contribution < -0.4 is 11.1 Å². The lowest BCUT2D eigenvalue weighted by molar-refractivity contribution is -0.118. The molecule has 0 aliphatic carbocycles. The van der Waals surface area contributed by atoms with Gasteiger partial charge in [0.1, 0.15) is 0 Å². The Morgan fingerprint density at radius 3 is 2.69 bits per heavy atom. The highest BCUT2D eigenvalue weighted by Gasteiger charge is 2.18. The number of nitrogens with one attached hydrogen (secondary N) is 1. The van der Waals surface area contributed by atoms with Crippen LogP contribution in [0.2, 0.25) is 5.02 Å². The lowest BCUT2D eigenvalue weighted by Crippen LogP contribution is -2.39. The molecule has 16 heavy (non-hydrogen) atoms. The molecule has 3 N–H and O–H groups in total. The summed E-state index contributed by atoms with van der Waals surface area (Å²) < 4.78 is 0.852. The molecule has 1 rings (SSSR count). The molecule has 5 heteroatoms. The molecule has 0 bridgehead atoms. The summed E-state index contributed by atoms with van der Waals surface area (Å²) in [5.41, 5.74) is 6.30. The summed E-state index contributed by atoms with van der Waals surface area (Å²) in [5, 5.41) is 3.20. The van der Waals surface area contributed by atoms with Gasteiger partial charge in [-0.25, -0.2) is 0 Å². The second-order valence-corrected chi connectivity index (χ2v) is 5.21. The van der Waals surface area contributed by atoms with E-state index in [1.165, 1.54) is 0 Å². The van der Waals surface area contributed by atoms with Gasteiger partial charge in [0.15, 0.2) is 0 Å². The Bertz CT molecular complexity index is 396. The van der Waals surface area contributed by atoms with Crippen LogP contribution in [0.1, 0.15) is 13.8 Å². The van der Waals surface area contributed by atoms with Crippen molar-refractivity contribution in [2.24, 2.45) is 11.7 Å². The van der Waals surface area contributed by atoms with E-state index in [2.05, 4.69) is 21.2 Å². The Balaban J connectivity index is 2.80. The Kier molecular flexibility index (Phi) is 4.77. The molecule has 0 saturated heterocycles. The molecular formula is C11H14BrClN2O. The van der Waals surface area contributed by atoms with E-state index in [4.69, 9.17) is 17.3 Å². The number of carbonyl (C=O) groups excluding carboxylic acids is 1. The predicted molar refractivity (Wildman–Crippen MR) is 70.6 cm³/mol. The number of halogens is 2. The van der Waals surface area contributed by atoms with Crippen molar-refractivity contribution in [1.82, 2.24) is 0 Å². The first-order valence-electron chi connectivity index (χ1n) is 4.93. The van der Waals surface area contributed by atoms with E-state index in [9.17, 15) is 4.79 Å². The van der Waals surface area contributed by atoms with Crippen molar-refractivity contribution >= 4 is 39.1 Å². The minimum Gasteiger partial charge on any atom is -0.323 e. The highest BCUT2D eigenvalue weighted by atomic mass is 79.9. The summed E-state index contributed by atoms with van der Waals surface area (Å²) in [4.78, 5) is 11.7. The Morgan fingerprint density at radius 1 is 1.50 bits per heavy atom. The van der Waals surface area contributed by atoms with Gasteiger partial charge < -0.3 is 11.1 Å². The largest absolute Gasteiger partial charge is 0.323 e. The van der Waals surface area contributed by atoms with Gasteiger partial charge in [-0.15, -0.1) is 0 Å². The molecule has 1 atom stereocenters. The number of rotatable bonds is 3. The monoisotopic (exact) mass is 304 g/mol. The molecule has 0 aromatic heterocycles. The normalized spacial score (nSPS) is 12.6. The van der Waals surface area contributed by atoms with E-state index >= 15 is 0 Å². The molecule has 0 aliphatic rings. The molecule has 3 nitrogen and oxygen atoms in total. The molecule has 0 radical (unpaired) electrons. The third-order valence-corrected chi connectivity index (χ3v) is 3.03. The molecule has 0 aliphatic heterocycles. The minimum atomic E-state index is -0.532. The van der Waals surface area contributed by atoms with Gasteiger partial charge in [0.25, 0.3) is 0 Å². The fraction of sp³-hybridized carbons (Fsp3) is 0.364. The van der Waals surface area contributed by atoms with E-state index in [1.54, 1.807) is 18.2 Å². The standard InChI is InChI=1S/C11H14BrClN2O/c1-6(2)10(14)11(16)15-9-5-7(12)3-4-8(9)13/h3-6,10H,14H2,1-2H3,(H,15,16)/t10-/m1/s1. The maximum atomic E-state index is 11.7. The van der Waals surface area contributed by atoms with Gasteiger partial charge in [-0.05, 0) is 24.1 Å². The van der Waals surface area contributed by atoms with Crippen molar-refractivity contribution in [2.45, 2.75) is 19.9 Å². The van der Waals surface area contributed by atoms with Gasteiger partial charge in [-0.1, -0.05) is 41.4 Å². The number of nitrogens with two attached hydrogens (primary N) is 1. The Morgan fingerprint density at radius 2 is 2.12 bits per heavy atom. The van der Waals surface area contributed by atoms with Crippen molar-refractivity contribution < 1.29 is 4.79 Å². The molecular weight excluding hydrogens is 291 g/mol. The first-order chi connectivity index (χ1) is 7.41. The number of hydrogen-bond acceptors (Lipinski definition) is 2. The second kappa shape index (κ2) is 5.66. The SMILES string of the molecule is CC(C)[C@@H](N)C(=O)Nc1cc(Br)ccc1Cl. The number of anilines is 1. The molecule has 1 aromatic carbocycles. The molecule has 0 unspecified atom stereocenters. The summed E-state index contributed by atoms with van der Waals surface area (Å²) in [6.45, 7) is 3.79. The van der Waals surface area contributed by atoms with Crippen molar-refractivity contribution in [1.29, 1.82) is 0 Å². The van der Waals surface area contributed by atoms with Crippen LogP contribution in [0.15, 0.2) is 22.7 Å². The van der Waals surface area contributed by atoms with Crippen LogP contribution in [-0.4, -0.2) is 11.9 Å². The van der Waals surface area contributed by atoms with Crippen molar-refractivity contribution in [3.05, 3.63) is 27.7 Å². The first-order valence-corrected chi connectivity index (χ1v) is 6.10. The second-order valence-electron chi connectivity index (χ2n) is 3.88. The lowest BCUT2D eigenvalue weighted by Gasteiger charge is -2.16. The number of carbonyl (C=O) groups is 1. The van der Waals surface area contributed by atoms with E-state index < -0.39 is 6.04 Å². The minimum absolute atomic E-state index is 0.0888. The quantitative estimate of drug-likeness (QED) is 0.902. The molecule has 88 valence electrons. The van der Waals surface area contributed by atoms with Gasteiger partial charge in [0.2, 0.25) is 5.91 Å². The van der Waals surface area contributed by atoms with Gasteiger partial charge >= 0.3 is 0 Å². The Labute approximate surface area is 108 Å². The highest BCUT2D eigenvalue weighted by Crippen LogP contribution is 2.25. The Hall–Kier alpha value is -0.580. The molecule has 1 aromatic rings. The zero-order valence-corrected chi connectivity index (χ0v) is 11.5. The van der Waals surface area contributed by atoms with E-state index in [1.807, 2.05) is 13.8 Å². The van der Waals surface area contributed by atoms with Gasteiger partial charge in [0.05, 0.1) is 16.8 Å². The third kappa shape index (κ3) is 3.47. The fourth-order valence-electron chi connectivity index (χ4n) is 1.11. The lowest BCUT2D eigenvalue weighted by atomic mass is 10.1. The molecule has 0 fully saturated rings. The topological polar surface area (TPSA) is 55.1 Å². The molecule has 1 amide bonds. The van der Waals surface area contributed by atoms with Crippen LogP contribution in [0.25, 0.3) is 0 Å². The summed E-state index contributed by atoms with van der Waals surface area (Å²) in [6, 6.07) is 4.73. The van der Waals surface area contributed by atoms with E-state index in [-0.39, 0.29) is 11.8 Å². The molecule has 0 saturated carbocycles. The van der Waals surface area contributed by atoms with Gasteiger partial charge in [-0.3, -0.25) is 4.79 Å². The fourth-order valence-corrected chi connectivity index (χ4v) is 1.64. The maximum Gasteiger partial charge on any atom is 0.241 e. The van der Waals surface area contributed by atoms with Crippen molar-refractivity contribution in [2.75, 3.05) is 5.32 Å². The average Bonchev–Trinajstić information content (AvgIpc) is 2.22. The maximum absolute atomic E-state index is 11.7. The number of hydrogen-bond donors (Lipinski definition) is 2. The number of amides is 1. The number of benzene rings is 1. The van der Waals surface area contributed by atoms with E-state index in [0.29, 0.717) is 10.7 Å². The van der Waals surface area contributed by atoms with Crippen LogP contribution in [0.4, 0.5) is 5.69 Å². The summed E-state index contributed by atoms with van der Waals surface area (Å²) in [7, 11) is 0. The van der Waals surface area contributed by atoms with Crippen LogP contribution in [0.3, 0.4) is 0 Å². The van der Waals surface area contributed by atoms with Crippen molar-refractivity contribution in [3.8, 4) is 0 Å². The zero-order chi connectivity index (χ0) is 12.3. The highest BCUT2D eigenvalue weighted by molar-refractivity contribution is 9.10. The molecule has 0 heterocycles. The van der Waals surface area contributed by atoms with Crippen LogP contribution >= 0.6 is 27.5 Å². The average molecular weight is 306 g/mol. The van der Waals surface area contributed by atoms with Gasteiger partial charge in [-0.2, -0.15) is 0 Å². The summed E-state index contributed by atoms with van der Waals surface area (Å²) >= 11 is 9.26. The smallest absolute Gasteiger partial charge is 0.241 e. The molecule has 0 spiro atoms. The van der Waals surface area contributed by atoms with Crippen LogP contribution in [-0.2, 0) is 4.79 Å². The summed E-state index contributed by atoms with van der Waals surface area (Å²) in [5.74, 6) is -0.138. The zero-order valence-electron chi connectivity index (χ0n) is 9.13. The first kappa shape index (κ1) is 13.5.